The van der Waals surface area contributed by atoms with Gasteiger partial charge in [0, 0.05) is 11.1 Å². The van der Waals surface area contributed by atoms with Crippen molar-refractivity contribution in [3.8, 4) is 11.8 Å². The van der Waals surface area contributed by atoms with Crippen molar-refractivity contribution in [2.45, 2.75) is 31.3 Å². The quantitative estimate of drug-likeness (QED) is 0.699. The largest absolute Gasteiger partial charge is 1.00 e. The Hall–Kier alpha value is -1.86. The molecule has 2 aromatic carbocycles. The van der Waals surface area contributed by atoms with E-state index in [-0.39, 0.29) is 18.2 Å². The second-order valence-electron chi connectivity index (χ2n) is 6.73. The van der Waals surface area contributed by atoms with Crippen molar-refractivity contribution in [3.63, 3.8) is 0 Å². The number of hydrogen-bond acceptors (Lipinski definition) is 1. The minimum Gasteiger partial charge on any atom is -1.00 e. The van der Waals surface area contributed by atoms with Crippen LogP contribution >= 0.6 is 0 Å². The Morgan fingerprint density at radius 2 is 1.58 bits per heavy atom. The molecule has 1 aliphatic heterocycles. The summed E-state index contributed by atoms with van der Waals surface area (Å²) in [5, 5.41) is 11.3. The highest BCUT2D eigenvalue weighted by molar-refractivity contribution is 5.44. The summed E-state index contributed by atoms with van der Waals surface area (Å²) in [6.07, 6.45) is 5.08. The normalized spacial score (nSPS) is 17.2. The summed E-state index contributed by atoms with van der Waals surface area (Å²) in [6, 6.07) is 15.4. The number of nitrogens with one attached hydrogen (secondary N) is 1. The van der Waals surface area contributed by atoms with Gasteiger partial charge in [-0.1, -0.05) is 48.4 Å². The summed E-state index contributed by atoms with van der Waals surface area (Å²) in [4.78, 5) is 1.47. The van der Waals surface area contributed by atoms with Gasteiger partial charge in [0.05, 0.1) is 13.1 Å². The van der Waals surface area contributed by atoms with E-state index in [2.05, 4.69) is 11.8 Å². The maximum Gasteiger partial charge on any atom is 0.177 e. The lowest BCUT2D eigenvalue weighted by Gasteiger charge is -2.23. The lowest BCUT2D eigenvalue weighted by molar-refractivity contribution is -0.891. The number of halogens is 2. The lowest BCUT2D eigenvalue weighted by atomic mass is 9.87. The summed E-state index contributed by atoms with van der Waals surface area (Å²) >= 11 is 0. The molecule has 2 aromatic rings. The number of benzene rings is 2. The fraction of sp³-hybridized carbons (Fsp3) is 0.364. The molecule has 0 amide bonds. The van der Waals surface area contributed by atoms with Gasteiger partial charge in [-0.25, -0.2) is 4.39 Å². The third-order valence-corrected chi connectivity index (χ3v) is 4.85. The van der Waals surface area contributed by atoms with E-state index in [1.54, 1.807) is 12.1 Å². The zero-order chi connectivity index (χ0) is 17.5. The van der Waals surface area contributed by atoms with Gasteiger partial charge in [0.2, 0.25) is 0 Å². The van der Waals surface area contributed by atoms with Gasteiger partial charge >= 0.3 is 0 Å². The number of aliphatic hydroxyl groups is 1. The molecular weight excluding hydrogens is 349 g/mol. The Morgan fingerprint density at radius 1 is 0.923 bits per heavy atom. The van der Waals surface area contributed by atoms with Crippen LogP contribution in [0, 0.1) is 17.7 Å². The minimum absolute atomic E-state index is 0. The standard InChI is InChI=1S/C22H24FNO.ClH/c23-21-13-8-12-20(18-21)22(25,19-10-4-3-5-11-19)14-9-17-24-15-6-1-2-7-16-24;/h3-5,8,10-13,18,25H,1-2,6-7,15-17H2;1H. The molecule has 1 saturated heterocycles. The van der Waals surface area contributed by atoms with Crippen molar-refractivity contribution in [2.24, 2.45) is 0 Å². The van der Waals surface area contributed by atoms with Gasteiger partial charge in [-0.3, -0.25) is 0 Å². The molecule has 138 valence electrons. The van der Waals surface area contributed by atoms with Gasteiger partial charge in [0.25, 0.3) is 0 Å². The smallest absolute Gasteiger partial charge is 0.177 e. The maximum atomic E-state index is 13.7. The fourth-order valence-electron chi connectivity index (χ4n) is 3.41. The monoisotopic (exact) mass is 373 g/mol. The lowest BCUT2D eigenvalue weighted by Crippen LogP contribution is -3.11. The topological polar surface area (TPSA) is 24.7 Å². The van der Waals surface area contributed by atoms with Gasteiger partial charge < -0.3 is 22.4 Å². The van der Waals surface area contributed by atoms with Gasteiger partial charge in [-0.15, -0.1) is 0 Å². The predicted molar refractivity (Wildman–Crippen MR) is 97.6 cm³/mol. The van der Waals surface area contributed by atoms with E-state index in [1.807, 2.05) is 30.3 Å². The Morgan fingerprint density at radius 3 is 2.23 bits per heavy atom. The first-order valence-electron chi connectivity index (χ1n) is 9.06. The molecule has 2 N–H and O–H groups in total. The van der Waals surface area contributed by atoms with E-state index < -0.39 is 5.60 Å². The van der Waals surface area contributed by atoms with Crippen LogP contribution in [0.15, 0.2) is 54.6 Å². The Balaban J connectivity index is 0.00000243. The predicted octanol–water partition coefficient (Wildman–Crippen LogP) is -0.472. The Labute approximate surface area is 161 Å². The minimum atomic E-state index is -1.49. The molecule has 1 aliphatic rings. The molecule has 0 bridgehead atoms. The molecule has 1 fully saturated rings. The van der Waals surface area contributed by atoms with Gasteiger partial charge in [-0.05, 0) is 43.7 Å². The molecule has 3 rings (SSSR count). The Bertz CT molecular complexity index is 747. The number of likely N-dealkylation sites (tertiary alicyclic amines) is 1. The van der Waals surface area contributed by atoms with Crippen LogP contribution in [-0.4, -0.2) is 24.7 Å². The highest BCUT2D eigenvalue weighted by Crippen LogP contribution is 2.29. The average Bonchev–Trinajstić information content (AvgIpc) is 2.91. The molecular formula is C22H25ClFNO. The summed E-state index contributed by atoms with van der Waals surface area (Å²) < 4.78 is 13.7. The van der Waals surface area contributed by atoms with Crippen molar-refractivity contribution in [3.05, 3.63) is 71.5 Å². The van der Waals surface area contributed by atoms with Gasteiger partial charge in [-0.2, -0.15) is 0 Å². The second kappa shape index (κ2) is 9.73. The zero-order valence-electron chi connectivity index (χ0n) is 14.8. The first-order valence-corrected chi connectivity index (χ1v) is 9.06. The van der Waals surface area contributed by atoms with Gasteiger partial charge in [0.1, 0.15) is 12.4 Å². The average molecular weight is 374 g/mol. The van der Waals surface area contributed by atoms with E-state index in [0.717, 1.165) is 13.1 Å². The maximum absolute atomic E-state index is 13.7. The van der Waals surface area contributed by atoms with Crippen LogP contribution in [0.1, 0.15) is 36.8 Å². The summed E-state index contributed by atoms with van der Waals surface area (Å²) in [7, 11) is 0. The first kappa shape index (κ1) is 20.5. The Kier molecular flexibility index (Phi) is 7.66. The number of hydrogen-bond donors (Lipinski definition) is 2. The van der Waals surface area contributed by atoms with E-state index in [9.17, 15) is 9.50 Å². The SMILES string of the molecule is OC(C#CC[NH+]1CCCCCC1)(c1ccccc1)c1cccc(F)c1.[Cl-]. The van der Waals surface area contributed by atoms with Crippen LogP contribution in [-0.2, 0) is 5.60 Å². The number of rotatable bonds is 3. The van der Waals surface area contributed by atoms with Crippen molar-refractivity contribution >= 4 is 0 Å². The van der Waals surface area contributed by atoms with Crippen LogP contribution in [0.2, 0.25) is 0 Å². The highest BCUT2D eigenvalue weighted by atomic mass is 35.5. The van der Waals surface area contributed by atoms with Crippen molar-refractivity contribution in [2.75, 3.05) is 19.6 Å². The van der Waals surface area contributed by atoms with Crippen LogP contribution in [0.25, 0.3) is 0 Å². The third-order valence-electron chi connectivity index (χ3n) is 4.85. The molecule has 0 radical (unpaired) electrons. The molecule has 1 unspecified atom stereocenters. The summed E-state index contributed by atoms with van der Waals surface area (Å²) in [5.74, 6) is 5.85. The molecule has 4 heteroatoms. The van der Waals surface area contributed by atoms with Crippen LogP contribution in [0.5, 0.6) is 0 Å². The summed E-state index contributed by atoms with van der Waals surface area (Å²) in [5.41, 5.74) is -0.356. The molecule has 0 aliphatic carbocycles. The molecule has 0 aromatic heterocycles. The second-order valence-corrected chi connectivity index (χ2v) is 6.73. The molecule has 1 atom stereocenters. The molecule has 0 spiro atoms. The summed E-state index contributed by atoms with van der Waals surface area (Å²) in [6.45, 7) is 2.99. The van der Waals surface area contributed by atoms with Crippen LogP contribution < -0.4 is 17.3 Å². The van der Waals surface area contributed by atoms with Crippen LogP contribution in [0.4, 0.5) is 4.39 Å². The zero-order valence-corrected chi connectivity index (χ0v) is 15.6. The molecule has 0 saturated carbocycles. The molecule has 1 heterocycles. The van der Waals surface area contributed by atoms with Gasteiger partial charge in [0.15, 0.2) is 5.60 Å². The van der Waals surface area contributed by atoms with E-state index in [0.29, 0.717) is 17.7 Å². The van der Waals surface area contributed by atoms with Crippen molar-refractivity contribution < 1.29 is 26.8 Å². The van der Waals surface area contributed by atoms with E-state index in [1.165, 1.54) is 42.7 Å². The fourth-order valence-corrected chi connectivity index (χ4v) is 3.41. The first-order chi connectivity index (χ1) is 12.2. The highest BCUT2D eigenvalue weighted by Gasteiger charge is 2.29. The van der Waals surface area contributed by atoms with E-state index in [4.69, 9.17) is 0 Å². The molecule has 2 nitrogen and oxygen atoms in total. The van der Waals surface area contributed by atoms with Crippen LogP contribution in [0.3, 0.4) is 0 Å². The molecule has 26 heavy (non-hydrogen) atoms. The van der Waals surface area contributed by atoms with Crippen molar-refractivity contribution in [1.29, 1.82) is 0 Å². The third kappa shape index (κ3) is 5.08. The number of quaternary nitrogens is 1. The van der Waals surface area contributed by atoms with E-state index >= 15 is 0 Å². The van der Waals surface area contributed by atoms with Crippen molar-refractivity contribution in [1.82, 2.24) is 0 Å².